The van der Waals surface area contributed by atoms with Crippen LogP contribution in [0.4, 0.5) is 5.69 Å². The highest BCUT2D eigenvalue weighted by atomic mass is 32.1. The van der Waals surface area contributed by atoms with Crippen LogP contribution in [0, 0.1) is 32.1 Å². The molecule has 0 aliphatic heterocycles. The van der Waals surface area contributed by atoms with Crippen LogP contribution >= 0.6 is 11.3 Å². The summed E-state index contributed by atoms with van der Waals surface area (Å²) in [6, 6.07) is 14.1. The first kappa shape index (κ1) is 19.6. The van der Waals surface area contributed by atoms with Crippen LogP contribution < -0.4 is 10.2 Å². The van der Waals surface area contributed by atoms with Crippen molar-refractivity contribution in [2.75, 3.05) is 12.0 Å². The first-order valence-electron chi connectivity index (χ1n) is 9.02. The third-order valence-corrected chi connectivity index (χ3v) is 5.08. The fraction of sp³-hybridized carbons (Fsp3) is 0.227. The SMILES string of the molecule is CCOc1ccc(-c2csc(/C(C#N)=N/Nc3c(C)cc(C)cc3C)n2)cc1. The van der Waals surface area contributed by atoms with Gasteiger partial charge in [-0.25, -0.2) is 4.98 Å². The molecule has 142 valence electrons. The van der Waals surface area contributed by atoms with Crippen LogP contribution in [0.1, 0.15) is 28.6 Å². The van der Waals surface area contributed by atoms with Crippen molar-refractivity contribution in [2.45, 2.75) is 27.7 Å². The lowest BCUT2D eigenvalue weighted by Crippen LogP contribution is -2.03. The molecule has 0 saturated heterocycles. The first-order valence-corrected chi connectivity index (χ1v) is 9.90. The predicted octanol–water partition coefficient (Wildman–Crippen LogP) is 5.47. The fourth-order valence-corrected chi connectivity index (χ4v) is 3.76. The molecule has 0 radical (unpaired) electrons. The topological polar surface area (TPSA) is 70.3 Å². The van der Waals surface area contributed by atoms with E-state index >= 15 is 0 Å². The number of benzene rings is 2. The molecular weight excluding hydrogens is 368 g/mol. The van der Waals surface area contributed by atoms with E-state index in [1.807, 2.05) is 50.4 Å². The molecule has 0 aliphatic carbocycles. The van der Waals surface area contributed by atoms with E-state index in [1.165, 1.54) is 16.9 Å². The number of rotatable bonds is 6. The molecule has 6 heteroatoms. The number of hydrogen-bond acceptors (Lipinski definition) is 6. The highest BCUT2D eigenvalue weighted by Crippen LogP contribution is 2.25. The molecule has 3 aromatic rings. The summed E-state index contributed by atoms with van der Waals surface area (Å²) in [5.74, 6) is 0.828. The van der Waals surface area contributed by atoms with Crippen LogP contribution in [0.2, 0.25) is 0 Å². The molecule has 2 aromatic carbocycles. The van der Waals surface area contributed by atoms with Crippen LogP contribution in [-0.4, -0.2) is 17.3 Å². The van der Waals surface area contributed by atoms with Gasteiger partial charge in [0.15, 0.2) is 10.7 Å². The number of nitrogens with zero attached hydrogens (tertiary/aromatic N) is 3. The van der Waals surface area contributed by atoms with Gasteiger partial charge in [-0.1, -0.05) is 17.7 Å². The van der Waals surface area contributed by atoms with Crippen molar-refractivity contribution < 1.29 is 4.74 Å². The number of nitrogens with one attached hydrogen (secondary N) is 1. The molecule has 0 fully saturated rings. The predicted molar refractivity (Wildman–Crippen MR) is 115 cm³/mol. The van der Waals surface area contributed by atoms with E-state index in [0.29, 0.717) is 11.6 Å². The zero-order valence-electron chi connectivity index (χ0n) is 16.4. The van der Waals surface area contributed by atoms with Crippen LogP contribution in [0.15, 0.2) is 46.9 Å². The minimum Gasteiger partial charge on any atom is -0.494 e. The van der Waals surface area contributed by atoms with Gasteiger partial charge < -0.3 is 4.74 Å². The Morgan fingerprint density at radius 3 is 2.46 bits per heavy atom. The third-order valence-electron chi connectivity index (χ3n) is 4.23. The Labute approximate surface area is 169 Å². The Hall–Kier alpha value is -3.17. The van der Waals surface area contributed by atoms with Crippen LogP contribution in [0.3, 0.4) is 0 Å². The number of thiazole rings is 1. The first-order chi connectivity index (χ1) is 13.5. The van der Waals surface area contributed by atoms with Crippen molar-refractivity contribution in [3.05, 3.63) is 63.5 Å². The Kier molecular flexibility index (Phi) is 6.07. The molecule has 28 heavy (non-hydrogen) atoms. The second kappa shape index (κ2) is 8.68. The van der Waals surface area contributed by atoms with Gasteiger partial charge >= 0.3 is 0 Å². The molecule has 1 N–H and O–H groups in total. The summed E-state index contributed by atoms with van der Waals surface area (Å²) in [6.07, 6.45) is 0. The van der Waals surface area contributed by atoms with Crippen molar-refractivity contribution in [1.82, 2.24) is 4.98 Å². The summed E-state index contributed by atoms with van der Waals surface area (Å²) in [7, 11) is 0. The van der Waals surface area contributed by atoms with Gasteiger partial charge in [-0.05, 0) is 63.1 Å². The number of anilines is 1. The van der Waals surface area contributed by atoms with E-state index in [1.54, 1.807) is 0 Å². The lowest BCUT2D eigenvalue weighted by Gasteiger charge is -2.10. The van der Waals surface area contributed by atoms with E-state index in [4.69, 9.17) is 4.74 Å². The standard InChI is InChI=1S/C22H22N4OS/c1-5-27-18-8-6-17(7-9-18)20-13-28-22(24-20)19(12-23)25-26-21-15(3)10-14(2)11-16(21)4/h6-11,13,26H,5H2,1-4H3/b25-19+. The van der Waals surface area contributed by atoms with E-state index < -0.39 is 0 Å². The Morgan fingerprint density at radius 2 is 1.86 bits per heavy atom. The molecule has 0 atom stereocenters. The largest absolute Gasteiger partial charge is 0.494 e. The molecule has 1 aromatic heterocycles. The minimum absolute atomic E-state index is 0.265. The van der Waals surface area contributed by atoms with Crippen LogP contribution in [-0.2, 0) is 0 Å². The second-order valence-corrected chi connectivity index (χ2v) is 7.31. The summed E-state index contributed by atoms with van der Waals surface area (Å²) in [5, 5.41) is 16.4. The van der Waals surface area contributed by atoms with Crippen molar-refractivity contribution in [1.29, 1.82) is 5.26 Å². The zero-order chi connectivity index (χ0) is 20.1. The van der Waals surface area contributed by atoms with Crippen molar-refractivity contribution in [3.8, 4) is 23.1 Å². The van der Waals surface area contributed by atoms with Gasteiger partial charge in [0, 0.05) is 10.9 Å². The van der Waals surface area contributed by atoms with Crippen LogP contribution in [0.25, 0.3) is 11.3 Å². The Balaban J connectivity index is 1.82. The zero-order valence-corrected chi connectivity index (χ0v) is 17.2. The molecule has 1 heterocycles. The molecule has 0 unspecified atom stereocenters. The smallest absolute Gasteiger partial charge is 0.196 e. The van der Waals surface area contributed by atoms with Crippen molar-refractivity contribution in [3.63, 3.8) is 0 Å². The van der Waals surface area contributed by atoms with Gasteiger partial charge in [-0.3, -0.25) is 5.43 Å². The maximum absolute atomic E-state index is 9.54. The molecule has 0 spiro atoms. The summed E-state index contributed by atoms with van der Waals surface area (Å²) >= 11 is 1.40. The number of hydrazone groups is 1. The maximum atomic E-state index is 9.54. The molecule has 0 bridgehead atoms. The summed E-state index contributed by atoms with van der Waals surface area (Å²) in [4.78, 5) is 4.58. The van der Waals surface area contributed by atoms with Gasteiger partial charge in [0.2, 0.25) is 0 Å². The number of aryl methyl sites for hydroxylation is 3. The average molecular weight is 391 g/mol. The Bertz CT molecular complexity index is 1020. The summed E-state index contributed by atoms with van der Waals surface area (Å²) in [5.41, 5.74) is 9.39. The van der Waals surface area contributed by atoms with Gasteiger partial charge in [-0.2, -0.15) is 10.4 Å². The highest BCUT2D eigenvalue weighted by molar-refractivity contribution is 7.12. The summed E-state index contributed by atoms with van der Waals surface area (Å²) in [6.45, 7) is 8.70. The Morgan fingerprint density at radius 1 is 1.18 bits per heavy atom. The summed E-state index contributed by atoms with van der Waals surface area (Å²) < 4.78 is 5.47. The molecular formula is C22H22N4OS. The van der Waals surface area contributed by atoms with Gasteiger partial charge in [0.25, 0.3) is 0 Å². The molecule has 0 saturated carbocycles. The van der Waals surface area contributed by atoms with Gasteiger partial charge in [0.05, 0.1) is 18.0 Å². The van der Waals surface area contributed by atoms with Crippen LogP contribution in [0.5, 0.6) is 5.75 Å². The van der Waals surface area contributed by atoms with E-state index in [2.05, 4.69) is 40.6 Å². The third kappa shape index (κ3) is 4.38. The quantitative estimate of drug-likeness (QED) is 0.447. The molecule has 5 nitrogen and oxygen atoms in total. The second-order valence-electron chi connectivity index (χ2n) is 6.45. The lowest BCUT2D eigenvalue weighted by atomic mass is 10.1. The van der Waals surface area contributed by atoms with Gasteiger partial charge in [-0.15, -0.1) is 11.3 Å². The van der Waals surface area contributed by atoms with E-state index in [0.717, 1.165) is 33.8 Å². The minimum atomic E-state index is 0.265. The normalized spacial score (nSPS) is 11.2. The lowest BCUT2D eigenvalue weighted by molar-refractivity contribution is 0.340. The average Bonchev–Trinajstić information content (AvgIpc) is 3.15. The van der Waals surface area contributed by atoms with Crippen molar-refractivity contribution in [2.24, 2.45) is 5.10 Å². The molecule has 3 rings (SSSR count). The van der Waals surface area contributed by atoms with Gasteiger partial charge in [0.1, 0.15) is 11.8 Å². The number of nitriles is 1. The van der Waals surface area contributed by atoms with E-state index in [9.17, 15) is 5.26 Å². The maximum Gasteiger partial charge on any atom is 0.196 e. The fourth-order valence-electron chi connectivity index (χ4n) is 2.99. The van der Waals surface area contributed by atoms with E-state index in [-0.39, 0.29) is 5.71 Å². The highest BCUT2D eigenvalue weighted by Gasteiger charge is 2.11. The number of aromatic nitrogens is 1. The molecule has 0 aliphatic rings. The molecule has 0 amide bonds. The monoisotopic (exact) mass is 390 g/mol. The number of hydrogen-bond donors (Lipinski definition) is 1. The van der Waals surface area contributed by atoms with Crippen molar-refractivity contribution >= 4 is 22.7 Å². The number of ether oxygens (including phenoxy) is 1.